The number of carbonyl (C=O) groups is 2. The van der Waals surface area contributed by atoms with E-state index >= 15 is 0 Å². The Kier molecular flexibility index (Phi) is 5.27. The van der Waals surface area contributed by atoms with Crippen LogP contribution in [0.25, 0.3) is 0 Å². The van der Waals surface area contributed by atoms with Crippen molar-refractivity contribution in [3.8, 4) is 0 Å². The number of nitrogens with zero attached hydrogens (tertiary/aromatic N) is 1. The van der Waals surface area contributed by atoms with Gasteiger partial charge in [0.1, 0.15) is 0 Å². The molecule has 0 spiro atoms. The molecule has 0 radical (unpaired) electrons. The minimum atomic E-state index is -4.61. The van der Waals surface area contributed by atoms with Crippen LogP contribution in [0.5, 0.6) is 0 Å². The zero-order valence-electron chi connectivity index (χ0n) is 15.6. The zero-order chi connectivity index (χ0) is 20.5. The molecule has 152 valence electrons. The van der Waals surface area contributed by atoms with Crippen LogP contribution in [-0.2, 0) is 25.2 Å². The molecular weight excluding hydrogens is 377 g/mol. The Morgan fingerprint density at radius 2 is 1.68 bits per heavy atom. The number of piperidine rings is 1. The third kappa shape index (κ3) is 4.40. The van der Waals surface area contributed by atoms with E-state index in [2.05, 4.69) is 5.32 Å². The molecule has 1 aromatic rings. The molecule has 0 aromatic heterocycles. The summed E-state index contributed by atoms with van der Waals surface area (Å²) in [5, 5.41) is 2.41. The maximum Gasteiger partial charge on any atom is 0.418 e. The Labute approximate surface area is 160 Å². The van der Waals surface area contributed by atoms with Gasteiger partial charge in [-0.3, -0.25) is 0 Å². The lowest BCUT2D eigenvalue weighted by Gasteiger charge is -2.30. The van der Waals surface area contributed by atoms with Crippen LogP contribution in [0.2, 0.25) is 0 Å². The topological polar surface area (TPSA) is 67.9 Å². The van der Waals surface area contributed by atoms with Gasteiger partial charge in [0.05, 0.1) is 11.3 Å². The van der Waals surface area contributed by atoms with Gasteiger partial charge in [-0.1, -0.05) is 0 Å². The average molecular weight is 398 g/mol. The number of hydrogen-bond donors (Lipinski definition) is 1. The first-order chi connectivity index (χ1) is 13.1. The maximum atomic E-state index is 13.6. The van der Waals surface area contributed by atoms with Gasteiger partial charge in [0.2, 0.25) is 0 Å². The van der Waals surface area contributed by atoms with Crippen LogP contribution in [-0.4, -0.2) is 30.8 Å². The number of alkyl halides is 3. The highest BCUT2D eigenvalue weighted by molar-refractivity contribution is 6.15. The van der Waals surface area contributed by atoms with Crippen LogP contribution >= 0.6 is 0 Å². The lowest BCUT2D eigenvalue weighted by Crippen LogP contribution is -2.42. The molecule has 6 nitrogen and oxygen atoms in total. The van der Waals surface area contributed by atoms with Crippen molar-refractivity contribution in [1.82, 2.24) is 0 Å². The molecule has 2 saturated heterocycles. The molecule has 28 heavy (non-hydrogen) atoms. The smallest absolute Gasteiger partial charge is 0.418 e. The number of halogens is 3. The Morgan fingerprint density at radius 3 is 2.25 bits per heavy atom. The summed E-state index contributed by atoms with van der Waals surface area (Å²) in [4.78, 5) is 25.8. The molecule has 2 heterocycles. The number of ether oxygens (including phenoxy) is 2. The van der Waals surface area contributed by atoms with E-state index in [9.17, 15) is 22.8 Å². The highest BCUT2D eigenvalue weighted by atomic mass is 19.4. The van der Waals surface area contributed by atoms with Crippen LogP contribution < -0.4 is 10.2 Å². The second kappa shape index (κ2) is 7.37. The zero-order valence-corrected chi connectivity index (χ0v) is 15.6. The van der Waals surface area contributed by atoms with E-state index in [-0.39, 0.29) is 5.69 Å². The standard InChI is InChI=1S/C19H21F3N2O4/c1-18(2)27-16(25)13(17(26)28-18)11-23-15-7-6-12(10-14(15)19(20,21)22)24-8-4-3-5-9-24/h6-7,10-11,23H,3-5,8-9H2,1-2H3. The van der Waals surface area contributed by atoms with E-state index in [1.165, 1.54) is 19.9 Å². The van der Waals surface area contributed by atoms with Crippen molar-refractivity contribution in [2.75, 3.05) is 23.3 Å². The van der Waals surface area contributed by atoms with Crippen molar-refractivity contribution in [2.45, 2.75) is 45.1 Å². The molecule has 0 amide bonds. The number of nitrogens with one attached hydrogen (secondary N) is 1. The molecule has 0 bridgehead atoms. The lowest BCUT2D eigenvalue weighted by molar-refractivity contribution is -0.222. The van der Waals surface area contributed by atoms with Gasteiger partial charge in [-0.15, -0.1) is 0 Å². The van der Waals surface area contributed by atoms with Gasteiger partial charge in [0.15, 0.2) is 5.57 Å². The van der Waals surface area contributed by atoms with E-state index in [1.54, 1.807) is 6.07 Å². The Hall–Kier alpha value is -2.71. The van der Waals surface area contributed by atoms with Crippen LogP contribution in [0, 0.1) is 0 Å². The molecular formula is C19H21F3N2O4. The largest absolute Gasteiger partial charge is 0.419 e. The van der Waals surface area contributed by atoms with E-state index in [4.69, 9.17) is 9.47 Å². The van der Waals surface area contributed by atoms with Gasteiger partial charge in [0.25, 0.3) is 5.79 Å². The summed E-state index contributed by atoms with van der Waals surface area (Å²) in [7, 11) is 0. The van der Waals surface area contributed by atoms with Gasteiger partial charge >= 0.3 is 18.1 Å². The minimum Gasteiger partial charge on any atom is -0.419 e. The summed E-state index contributed by atoms with van der Waals surface area (Å²) in [5.74, 6) is -3.35. The van der Waals surface area contributed by atoms with Crippen molar-refractivity contribution in [2.24, 2.45) is 0 Å². The minimum absolute atomic E-state index is 0.272. The van der Waals surface area contributed by atoms with Gasteiger partial charge in [-0.2, -0.15) is 13.2 Å². The summed E-state index contributed by atoms with van der Waals surface area (Å²) in [6, 6.07) is 3.95. The van der Waals surface area contributed by atoms with E-state index in [0.717, 1.165) is 31.5 Å². The normalized spacial score (nSPS) is 19.8. The second-order valence-electron chi connectivity index (χ2n) is 7.16. The maximum absolute atomic E-state index is 13.6. The van der Waals surface area contributed by atoms with Crippen LogP contribution in [0.1, 0.15) is 38.7 Å². The number of esters is 2. The van der Waals surface area contributed by atoms with Gasteiger partial charge in [0, 0.05) is 38.8 Å². The monoisotopic (exact) mass is 398 g/mol. The third-order valence-corrected chi connectivity index (χ3v) is 4.52. The van der Waals surface area contributed by atoms with Gasteiger partial charge < -0.3 is 19.7 Å². The number of rotatable bonds is 3. The molecule has 3 rings (SSSR count). The summed E-state index contributed by atoms with van der Waals surface area (Å²) < 4.78 is 50.5. The number of cyclic esters (lactones) is 2. The summed E-state index contributed by atoms with van der Waals surface area (Å²) in [6.07, 6.45) is -0.784. The molecule has 0 saturated carbocycles. The quantitative estimate of drug-likeness (QED) is 0.474. The lowest BCUT2D eigenvalue weighted by atomic mass is 10.1. The predicted molar refractivity (Wildman–Crippen MR) is 95.5 cm³/mol. The summed E-state index contributed by atoms with van der Waals surface area (Å²) in [5.41, 5.74) is -1.17. The van der Waals surface area contributed by atoms with Gasteiger partial charge in [-0.25, -0.2) is 9.59 Å². The van der Waals surface area contributed by atoms with E-state index in [0.29, 0.717) is 18.8 Å². The first-order valence-electron chi connectivity index (χ1n) is 8.96. The highest BCUT2D eigenvalue weighted by Gasteiger charge is 2.39. The number of hydrogen-bond acceptors (Lipinski definition) is 6. The Bertz CT molecular complexity index is 790. The first kappa shape index (κ1) is 20.0. The molecule has 1 aromatic carbocycles. The second-order valence-corrected chi connectivity index (χ2v) is 7.16. The summed E-state index contributed by atoms with van der Waals surface area (Å²) in [6.45, 7) is 4.19. The fourth-order valence-electron chi connectivity index (χ4n) is 3.17. The number of anilines is 2. The highest BCUT2D eigenvalue weighted by Crippen LogP contribution is 2.38. The van der Waals surface area contributed by atoms with E-state index in [1.807, 2.05) is 4.90 Å². The molecule has 1 N–H and O–H groups in total. The first-order valence-corrected chi connectivity index (χ1v) is 8.96. The molecule has 2 fully saturated rings. The van der Waals surface area contributed by atoms with Crippen LogP contribution in [0.15, 0.2) is 30.0 Å². The number of benzene rings is 1. The Balaban J connectivity index is 1.87. The number of carbonyl (C=O) groups excluding carboxylic acids is 2. The SMILES string of the molecule is CC1(C)OC(=O)C(=CNc2ccc(N3CCCCC3)cc2C(F)(F)F)C(=O)O1. The fourth-order valence-corrected chi connectivity index (χ4v) is 3.17. The summed E-state index contributed by atoms with van der Waals surface area (Å²) >= 11 is 0. The molecule has 2 aliphatic rings. The molecule has 9 heteroatoms. The van der Waals surface area contributed by atoms with Crippen molar-refractivity contribution in [3.63, 3.8) is 0 Å². The molecule has 0 unspecified atom stereocenters. The average Bonchev–Trinajstić information content (AvgIpc) is 2.60. The van der Waals surface area contributed by atoms with Crippen molar-refractivity contribution < 1.29 is 32.2 Å². The molecule has 0 aliphatic carbocycles. The third-order valence-electron chi connectivity index (χ3n) is 4.52. The van der Waals surface area contributed by atoms with Crippen molar-refractivity contribution in [1.29, 1.82) is 0 Å². The molecule has 0 atom stereocenters. The van der Waals surface area contributed by atoms with Gasteiger partial charge in [-0.05, 0) is 37.5 Å². The van der Waals surface area contributed by atoms with Crippen molar-refractivity contribution in [3.05, 3.63) is 35.5 Å². The van der Waals surface area contributed by atoms with Crippen molar-refractivity contribution >= 4 is 23.3 Å². The van der Waals surface area contributed by atoms with Crippen LogP contribution in [0.3, 0.4) is 0 Å². The fraction of sp³-hybridized carbons (Fsp3) is 0.474. The Morgan fingerprint density at radius 1 is 1.07 bits per heavy atom. The molecule has 2 aliphatic heterocycles. The van der Waals surface area contributed by atoms with E-state index < -0.39 is 35.0 Å². The predicted octanol–water partition coefficient (Wildman–Crippen LogP) is 3.83. The van der Waals surface area contributed by atoms with Crippen LogP contribution in [0.4, 0.5) is 24.5 Å².